The van der Waals surface area contributed by atoms with E-state index in [0.29, 0.717) is 18.7 Å². The minimum Gasteiger partial charge on any atom is -0.325 e. The molecule has 0 bridgehead atoms. The third-order valence-corrected chi connectivity index (χ3v) is 8.51. The number of nitriles is 1. The van der Waals surface area contributed by atoms with Gasteiger partial charge in [-0.15, -0.1) is 0 Å². The maximum absolute atomic E-state index is 15.8. The number of halogens is 4. The molecule has 0 spiro atoms. The zero-order valence-corrected chi connectivity index (χ0v) is 25.9. The quantitative estimate of drug-likeness (QED) is 0.260. The molecule has 11 heteroatoms. The molecule has 1 fully saturated rings. The number of carbonyl (C=O) groups is 1. The number of carbonyl (C=O) groups excluding carboxylic acids is 1. The summed E-state index contributed by atoms with van der Waals surface area (Å²) >= 11 is 12.3. The predicted octanol–water partition coefficient (Wildman–Crippen LogP) is 6.62. The summed E-state index contributed by atoms with van der Waals surface area (Å²) in [6, 6.07) is 15.8. The summed E-state index contributed by atoms with van der Waals surface area (Å²) in [6.45, 7) is 6.30. The first-order valence-electron chi connectivity index (χ1n) is 13.3. The molecule has 42 heavy (non-hydrogen) atoms. The van der Waals surface area contributed by atoms with Crippen LogP contribution in [0.3, 0.4) is 0 Å². The molecule has 1 saturated heterocycles. The van der Waals surface area contributed by atoms with Crippen molar-refractivity contribution in [1.82, 2.24) is 10.0 Å². The van der Waals surface area contributed by atoms with E-state index in [1.165, 1.54) is 30.5 Å². The average molecular weight is 634 g/mol. The molecule has 3 N–H and O–H groups in total. The molecule has 0 aliphatic carbocycles. The summed E-state index contributed by atoms with van der Waals surface area (Å²) in [5.74, 6) is -3.19. The van der Waals surface area contributed by atoms with Crippen molar-refractivity contribution in [2.75, 3.05) is 11.6 Å². The summed E-state index contributed by atoms with van der Waals surface area (Å²) < 4.78 is 45.7. The SMILES string of the molecule is CS(=O)NCc1ccc(NC(=O)C2NC(CC(C)(C)C)C(C#N)(c3ccc(Cl)cc3F)C2c2cccc(Cl)c2F)cc1. The summed E-state index contributed by atoms with van der Waals surface area (Å²) in [6.07, 6.45) is 1.90. The Balaban J connectivity index is 1.85. The number of hydrogen-bond acceptors (Lipinski definition) is 4. The van der Waals surface area contributed by atoms with Gasteiger partial charge in [-0.1, -0.05) is 74.3 Å². The van der Waals surface area contributed by atoms with E-state index >= 15 is 8.78 Å². The highest BCUT2D eigenvalue weighted by Crippen LogP contribution is 2.52. The predicted molar refractivity (Wildman–Crippen MR) is 164 cm³/mol. The van der Waals surface area contributed by atoms with Crippen molar-refractivity contribution in [2.45, 2.75) is 57.2 Å². The van der Waals surface area contributed by atoms with Gasteiger partial charge in [0.2, 0.25) is 5.91 Å². The van der Waals surface area contributed by atoms with E-state index in [1.807, 2.05) is 20.8 Å². The summed E-state index contributed by atoms with van der Waals surface area (Å²) in [7, 11) is -1.18. The standard InChI is InChI=1S/C31H32Cl2F2N4O2S/c1-30(2,3)15-25-31(17-36,22-13-10-19(32)14-24(22)34)26(21-6-5-7-23(33)27(21)35)28(39-25)29(40)38-20-11-8-18(9-12-20)16-37-42(4)41/h5-14,25-26,28,37,39H,15-16H2,1-4H3,(H,38,40). The van der Waals surface area contributed by atoms with E-state index in [4.69, 9.17) is 23.2 Å². The smallest absolute Gasteiger partial charge is 0.242 e. The maximum Gasteiger partial charge on any atom is 0.242 e. The molecule has 1 aliphatic rings. The van der Waals surface area contributed by atoms with Gasteiger partial charge in [-0.2, -0.15) is 5.26 Å². The van der Waals surface area contributed by atoms with Gasteiger partial charge in [-0.3, -0.25) is 4.79 Å². The zero-order valence-electron chi connectivity index (χ0n) is 23.6. The molecule has 0 aromatic heterocycles. The second-order valence-electron chi connectivity index (χ2n) is 11.6. The van der Waals surface area contributed by atoms with Crippen molar-refractivity contribution in [3.63, 3.8) is 0 Å². The zero-order chi connectivity index (χ0) is 30.8. The van der Waals surface area contributed by atoms with Crippen molar-refractivity contribution in [2.24, 2.45) is 5.41 Å². The van der Waals surface area contributed by atoms with Crippen molar-refractivity contribution >= 4 is 45.8 Å². The van der Waals surface area contributed by atoms with Gasteiger partial charge in [0.05, 0.1) is 28.1 Å². The Morgan fingerprint density at radius 3 is 2.40 bits per heavy atom. The molecular weight excluding hydrogens is 601 g/mol. The van der Waals surface area contributed by atoms with Crippen LogP contribution in [0.5, 0.6) is 0 Å². The van der Waals surface area contributed by atoms with Crippen molar-refractivity contribution in [1.29, 1.82) is 5.26 Å². The minimum absolute atomic E-state index is 0.0148. The van der Waals surface area contributed by atoms with Gasteiger partial charge in [-0.05, 0) is 53.3 Å². The third-order valence-electron chi connectivity index (χ3n) is 7.43. The Labute approximate surface area is 257 Å². The van der Waals surface area contributed by atoms with Crippen LogP contribution in [-0.4, -0.2) is 28.5 Å². The van der Waals surface area contributed by atoms with Gasteiger partial charge in [0, 0.05) is 41.0 Å². The van der Waals surface area contributed by atoms with Crippen LogP contribution in [0, 0.1) is 28.4 Å². The number of rotatable bonds is 8. The van der Waals surface area contributed by atoms with Crippen LogP contribution in [0.2, 0.25) is 10.0 Å². The minimum atomic E-state index is -1.71. The second-order valence-corrected chi connectivity index (χ2v) is 13.7. The van der Waals surface area contributed by atoms with E-state index in [2.05, 4.69) is 21.4 Å². The fraction of sp³-hybridized carbons (Fsp3) is 0.355. The monoisotopic (exact) mass is 632 g/mol. The van der Waals surface area contributed by atoms with E-state index in [-0.39, 0.29) is 26.6 Å². The number of hydrogen-bond donors (Lipinski definition) is 3. The Bertz CT molecular complexity index is 1540. The lowest BCUT2D eigenvalue weighted by atomic mass is 9.62. The summed E-state index contributed by atoms with van der Waals surface area (Å²) in [5, 5.41) is 17.1. The van der Waals surface area contributed by atoms with Gasteiger partial charge in [0.1, 0.15) is 17.0 Å². The van der Waals surface area contributed by atoms with Crippen LogP contribution in [0.1, 0.15) is 49.8 Å². The fourth-order valence-electron chi connectivity index (χ4n) is 5.67. The van der Waals surface area contributed by atoms with Crippen LogP contribution < -0.4 is 15.4 Å². The topological polar surface area (TPSA) is 94.0 Å². The van der Waals surface area contributed by atoms with E-state index < -0.39 is 51.9 Å². The van der Waals surface area contributed by atoms with E-state index in [0.717, 1.165) is 11.6 Å². The van der Waals surface area contributed by atoms with Gasteiger partial charge in [-0.25, -0.2) is 17.7 Å². The molecule has 6 nitrogen and oxygen atoms in total. The molecular formula is C31H32Cl2F2N4O2S. The van der Waals surface area contributed by atoms with Crippen LogP contribution in [-0.2, 0) is 27.7 Å². The number of benzene rings is 3. The van der Waals surface area contributed by atoms with Gasteiger partial charge in [0.25, 0.3) is 0 Å². The molecule has 1 heterocycles. The van der Waals surface area contributed by atoms with Crippen molar-refractivity contribution < 1.29 is 17.8 Å². The largest absolute Gasteiger partial charge is 0.325 e. The van der Waals surface area contributed by atoms with Crippen LogP contribution >= 0.6 is 23.2 Å². The fourth-order valence-corrected chi connectivity index (χ4v) is 6.38. The first-order chi connectivity index (χ1) is 19.8. The van der Waals surface area contributed by atoms with Crippen LogP contribution in [0.25, 0.3) is 0 Å². The number of amides is 1. The second kappa shape index (κ2) is 12.8. The van der Waals surface area contributed by atoms with Gasteiger partial charge in [0.15, 0.2) is 0 Å². The highest BCUT2D eigenvalue weighted by molar-refractivity contribution is 7.82. The maximum atomic E-state index is 15.8. The molecule has 0 saturated carbocycles. The molecule has 5 unspecified atom stereocenters. The Kier molecular flexibility index (Phi) is 9.75. The van der Waals surface area contributed by atoms with E-state index in [1.54, 1.807) is 30.3 Å². The van der Waals surface area contributed by atoms with Crippen molar-refractivity contribution in [3.8, 4) is 6.07 Å². The molecule has 222 valence electrons. The van der Waals surface area contributed by atoms with Crippen LogP contribution in [0.4, 0.5) is 14.5 Å². The average Bonchev–Trinajstić information content (AvgIpc) is 3.22. The van der Waals surface area contributed by atoms with Crippen LogP contribution in [0.15, 0.2) is 60.7 Å². The third kappa shape index (κ3) is 6.69. The molecule has 1 amide bonds. The normalized spacial score (nSPS) is 22.9. The molecule has 5 atom stereocenters. The first-order valence-corrected chi connectivity index (χ1v) is 15.6. The number of nitrogens with zero attached hydrogens (tertiary/aromatic N) is 1. The highest BCUT2D eigenvalue weighted by atomic mass is 35.5. The van der Waals surface area contributed by atoms with Gasteiger partial charge < -0.3 is 10.6 Å². The summed E-state index contributed by atoms with van der Waals surface area (Å²) in [4.78, 5) is 14.0. The first kappa shape index (κ1) is 32.1. The Morgan fingerprint density at radius 2 is 1.81 bits per heavy atom. The molecule has 3 aromatic rings. The highest BCUT2D eigenvalue weighted by Gasteiger charge is 2.61. The van der Waals surface area contributed by atoms with Crippen molar-refractivity contribution in [3.05, 3.63) is 99.0 Å². The Hall–Kier alpha value is -2.87. The lowest BCUT2D eigenvalue weighted by Crippen LogP contribution is -2.45. The number of anilines is 1. The lowest BCUT2D eigenvalue weighted by Gasteiger charge is -2.37. The molecule has 3 aromatic carbocycles. The lowest BCUT2D eigenvalue weighted by molar-refractivity contribution is -0.118. The summed E-state index contributed by atoms with van der Waals surface area (Å²) in [5.41, 5.74) is -0.698. The van der Waals surface area contributed by atoms with E-state index in [9.17, 15) is 14.3 Å². The molecule has 1 aliphatic heterocycles. The molecule has 0 radical (unpaired) electrons. The molecule has 4 rings (SSSR count). The van der Waals surface area contributed by atoms with Gasteiger partial charge >= 0.3 is 0 Å². The Morgan fingerprint density at radius 1 is 1.12 bits per heavy atom. The number of nitrogens with one attached hydrogen (secondary N) is 3.